The molecule has 6 nitrogen and oxygen atoms in total. The minimum atomic E-state index is -0.359. The summed E-state index contributed by atoms with van der Waals surface area (Å²) in [6.45, 7) is 0.362. The normalized spacial score (nSPS) is 9.75. The third-order valence-corrected chi connectivity index (χ3v) is 1.83. The smallest absolute Gasteiger partial charge is 0.321 e. The highest BCUT2D eigenvalue weighted by atomic mass is 16.5. The number of nitrogens with zero attached hydrogens (tertiary/aromatic N) is 2. The number of urea groups is 1. The summed E-state index contributed by atoms with van der Waals surface area (Å²) >= 11 is 0. The van der Waals surface area contributed by atoms with E-state index in [0.29, 0.717) is 12.4 Å². The molecule has 0 unspecified atom stereocenters. The molecule has 0 saturated heterocycles. The lowest BCUT2D eigenvalue weighted by Crippen LogP contribution is -2.28. The van der Waals surface area contributed by atoms with Crippen LogP contribution < -0.4 is 10.6 Å². The number of carbonyl (C=O) groups excluding carboxylic acids is 1. The molecule has 0 bridgehead atoms. The molecule has 0 aliphatic rings. The summed E-state index contributed by atoms with van der Waals surface area (Å²) in [5.74, 6) is 0.304. The molecule has 2 N–H and O–H groups in total. The van der Waals surface area contributed by atoms with E-state index in [4.69, 9.17) is 4.52 Å². The fourth-order valence-corrected chi connectivity index (χ4v) is 1.11. The van der Waals surface area contributed by atoms with Crippen LogP contribution in [0.5, 0.6) is 0 Å². The molecule has 0 aromatic carbocycles. The van der Waals surface area contributed by atoms with Gasteiger partial charge in [0, 0.05) is 12.3 Å². The fourth-order valence-electron chi connectivity index (χ4n) is 1.11. The molecule has 0 aliphatic carbocycles. The van der Waals surface area contributed by atoms with Crippen molar-refractivity contribution in [2.75, 3.05) is 5.32 Å². The summed E-state index contributed by atoms with van der Waals surface area (Å²) in [5.41, 5.74) is 0.787. The van der Waals surface area contributed by atoms with Crippen LogP contribution in [0.15, 0.2) is 41.2 Å². The van der Waals surface area contributed by atoms with Crippen LogP contribution in [0.4, 0.5) is 10.7 Å². The van der Waals surface area contributed by atoms with Gasteiger partial charge < -0.3 is 9.84 Å². The molecule has 0 radical (unpaired) electrons. The molecule has 2 rings (SSSR count). The van der Waals surface area contributed by atoms with Gasteiger partial charge in [-0.2, -0.15) is 0 Å². The van der Waals surface area contributed by atoms with Crippen LogP contribution in [0.2, 0.25) is 0 Å². The Morgan fingerprint density at radius 1 is 1.31 bits per heavy atom. The van der Waals surface area contributed by atoms with Crippen molar-refractivity contribution in [1.29, 1.82) is 0 Å². The zero-order valence-electron chi connectivity index (χ0n) is 8.38. The molecular weight excluding hydrogens is 208 g/mol. The minimum absolute atomic E-state index is 0.304. The molecule has 82 valence electrons. The van der Waals surface area contributed by atoms with Crippen LogP contribution in [0, 0.1) is 0 Å². The van der Waals surface area contributed by atoms with Gasteiger partial charge in [0.15, 0.2) is 0 Å². The van der Waals surface area contributed by atoms with Crippen molar-refractivity contribution in [2.24, 2.45) is 0 Å². The standard InChI is InChI=1S/C10H10N4O2/c15-10(14-9-4-6-13-16-9)12-7-8-3-1-2-5-11-8/h1-6H,7H2,(H2,12,14,15). The number of rotatable bonds is 3. The van der Waals surface area contributed by atoms with E-state index in [2.05, 4.69) is 20.8 Å². The molecule has 0 spiro atoms. The summed E-state index contributed by atoms with van der Waals surface area (Å²) in [7, 11) is 0. The van der Waals surface area contributed by atoms with Gasteiger partial charge in [-0.15, -0.1) is 0 Å². The molecule has 16 heavy (non-hydrogen) atoms. The second-order valence-corrected chi connectivity index (χ2v) is 3.01. The number of hydrogen-bond donors (Lipinski definition) is 2. The van der Waals surface area contributed by atoms with E-state index in [9.17, 15) is 4.79 Å². The molecular formula is C10H10N4O2. The maximum absolute atomic E-state index is 11.3. The molecule has 0 saturated carbocycles. The van der Waals surface area contributed by atoms with E-state index >= 15 is 0 Å². The van der Waals surface area contributed by atoms with Crippen molar-refractivity contribution >= 4 is 11.9 Å². The van der Waals surface area contributed by atoms with Crippen LogP contribution in [-0.4, -0.2) is 16.2 Å². The van der Waals surface area contributed by atoms with Gasteiger partial charge in [-0.3, -0.25) is 10.3 Å². The van der Waals surface area contributed by atoms with E-state index in [0.717, 1.165) is 5.69 Å². The van der Waals surface area contributed by atoms with Gasteiger partial charge in [0.05, 0.1) is 18.4 Å². The molecule has 2 aromatic heterocycles. The Hall–Kier alpha value is -2.37. The molecule has 0 fully saturated rings. The second-order valence-electron chi connectivity index (χ2n) is 3.01. The summed E-state index contributed by atoms with van der Waals surface area (Å²) in [5, 5.41) is 8.59. The van der Waals surface area contributed by atoms with E-state index in [1.54, 1.807) is 12.3 Å². The van der Waals surface area contributed by atoms with Crippen LogP contribution in [-0.2, 0) is 6.54 Å². The average molecular weight is 218 g/mol. The third kappa shape index (κ3) is 2.81. The van der Waals surface area contributed by atoms with Gasteiger partial charge in [-0.25, -0.2) is 4.79 Å². The number of aromatic nitrogens is 2. The van der Waals surface area contributed by atoms with Gasteiger partial charge in [0.1, 0.15) is 0 Å². The van der Waals surface area contributed by atoms with Crippen LogP contribution in [0.25, 0.3) is 0 Å². The van der Waals surface area contributed by atoms with Crippen LogP contribution >= 0.6 is 0 Å². The zero-order chi connectivity index (χ0) is 11.2. The highest BCUT2D eigenvalue weighted by Crippen LogP contribution is 2.02. The first-order chi connectivity index (χ1) is 7.84. The Balaban J connectivity index is 1.80. The lowest BCUT2D eigenvalue weighted by Gasteiger charge is -2.03. The predicted molar refractivity (Wildman–Crippen MR) is 56.6 cm³/mol. The monoisotopic (exact) mass is 218 g/mol. The Morgan fingerprint density at radius 3 is 2.94 bits per heavy atom. The van der Waals surface area contributed by atoms with Crippen molar-refractivity contribution in [1.82, 2.24) is 15.5 Å². The van der Waals surface area contributed by atoms with Crippen molar-refractivity contribution in [3.63, 3.8) is 0 Å². The number of amides is 2. The predicted octanol–water partition coefficient (Wildman–Crippen LogP) is 1.39. The molecule has 2 aromatic rings. The largest absolute Gasteiger partial charge is 0.338 e. The average Bonchev–Trinajstić information content (AvgIpc) is 2.81. The topological polar surface area (TPSA) is 80.0 Å². The first-order valence-corrected chi connectivity index (χ1v) is 4.70. The Morgan fingerprint density at radius 2 is 2.25 bits per heavy atom. The zero-order valence-corrected chi connectivity index (χ0v) is 8.38. The fraction of sp³-hybridized carbons (Fsp3) is 0.100. The van der Waals surface area contributed by atoms with E-state index in [-0.39, 0.29) is 6.03 Å². The summed E-state index contributed by atoms with van der Waals surface area (Å²) in [6, 6.07) is 6.70. The SMILES string of the molecule is O=C(NCc1ccccn1)Nc1ccno1. The highest BCUT2D eigenvalue weighted by Gasteiger charge is 2.03. The summed E-state index contributed by atoms with van der Waals surface area (Å²) in [4.78, 5) is 15.4. The minimum Gasteiger partial charge on any atom is -0.338 e. The Kier molecular flexibility index (Phi) is 3.12. The van der Waals surface area contributed by atoms with E-state index in [1.165, 1.54) is 6.20 Å². The van der Waals surface area contributed by atoms with Crippen molar-refractivity contribution in [3.05, 3.63) is 42.4 Å². The maximum Gasteiger partial charge on any atom is 0.321 e. The third-order valence-electron chi connectivity index (χ3n) is 1.83. The number of carbonyl (C=O) groups is 1. The molecule has 0 atom stereocenters. The molecule has 2 amide bonds. The maximum atomic E-state index is 11.3. The van der Waals surface area contributed by atoms with Gasteiger partial charge in [0.2, 0.25) is 5.88 Å². The quantitative estimate of drug-likeness (QED) is 0.815. The summed E-state index contributed by atoms with van der Waals surface area (Å²) in [6.07, 6.45) is 3.12. The summed E-state index contributed by atoms with van der Waals surface area (Å²) < 4.78 is 4.72. The lowest BCUT2D eigenvalue weighted by atomic mass is 10.3. The van der Waals surface area contributed by atoms with E-state index < -0.39 is 0 Å². The molecule has 0 aliphatic heterocycles. The molecule has 6 heteroatoms. The number of hydrogen-bond acceptors (Lipinski definition) is 4. The van der Waals surface area contributed by atoms with Crippen LogP contribution in [0.1, 0.15) is 5.69 Å². The Labute approximate surface area is 91.7 Å². The number of nitrogens with one attached hydrogen (secondary N) is 2. The first-order valence-electron chi connectivity index (χ1n) is 4.70. The highest BCUT2D eigenvalue weighted by molar-refractivity contribution is 5.87. The first kappa shape index (κ1) is 10.2. The Bertz CT molecular complexity index is 441. The van der Waals surface area contributed by atoms with E-state index in [1.807, 2.05) is 18.2 Å². The number of anilines is 1. The van der Waals surface area contributed by atoms with Crippen molar-refractivity contribution in [3.8, 4) is 0 Å². The van der Waals surface area contributed by atoms with Gasteiger partial charge in [0.25, 0.3) is 0 Å². The molecule has 2 heterocycles. The van der Waals surface area contributed by atoms with Gasteiger partial charge in [-0.1, -0.05) is 11.2 Å². The van der Waals surface area contributed by atoms with Crippen LogP contribution in [0.3, 0.4) is 0 Å². The van der Waals surface area contributed by atoms with Crippen molar-refractivity contribution in [2.45, 2.75) is 6.54 Å². The lowest BCUT2D eigenvalue weighted by molar-refractivity contribution is 0.250. The second kappa shape index (κ2) is 4.92. The van der Waals surface area contributed by atoms with Gasteiger partial charge in [-0.05, 0) is 12.1 Å². The number of pyridine rings is 1. The van der Waals surface area contributed by atoms with Gasteiger partial charge >= 0.3 is 6.03 Å². The van der Waals surface area contributed by atoms with Crippen molar-refractivity contribution < 1.29 is 9.32 Å².